The van der Waals surface area contributed by atoms with Crippen LogP contribution in [0.2, 0.25) is 10.0 Å². The average Bonchev–Trinajstić information content (AvgIpc) is 2.53. The molecule has 6 heteroatoms. The van der Waals surface area contributed by atoms with Crippen LogP contribution in [0.5, 0.6) is 5.88 Å². The molecular weight excluding hydrogens is 337 g/mol. The fourth-order valence-corrected chi connectivity index (χ4v) is 2.91. The highest BCUT2D eigenvalue weighted by Crippen LogP contribution is 2.40. The molecule has 0 amide bonds. The molecule has 3 rings (SSSR count). The maximum absolute atomic E-state index is 11.8. The maximum atomic E-state index is 11.8. The van der Waals surface area contributed by atoms with E-state index in [2.05, 4.69) is 4.98 Å². The third-order valence-corrected chi connectivity index (χ3v) is 4.03. The Kier molecular flexibility index (Phi) is 4.11. The molecule has 1 N–H and O–H groups in total. The summed E-state index contributed by atoms with van der Waals surface area (Å²) in [6.07, 6.45) is 0. The van der Waals surface area contributed by atoms with Crippen molar-refractivity contribution < 1.29 is 14.6 Å². The van der Waals surface area contributed by atoms with Crippen LogP contribution in [0.1, 0.15) is 10.4 Å². The summed E-state index contributed by atoms with van der Waals surface area (Å²) in [6.45, 7) is 0. The van der Waals surface area contributed by atoms with E-state index in [1.165, 1.54) is 7.11 Å². The van der Waals surface area contributed by atoms with E-state index in [1.807, 2.05) is 0 Å². The molecule has 0 aliphatic carbocycles. The molecule has 0 fully saturated rings. The summed E-state index contributed by atoms with van der Waals surface area (Å²) in [7, 11) is 1.38. The molecule has 116 valence electrons. The molecule has 0 aliphatic heterocycles. The van der Waals surface area contributed by atoms with Crippen LogP contribution >= 0.6 is 23.2 Å². The third-order valence-electron chi connectivity index (χ3n) is 3.46. The van der Waals surface area contributed by atoms with Crippen molar-refractivity contribution in [3.8, 4) is 17.0 Å². The summed E-state index contributed by atoms with van der Waals surface area (Å²) in [5.41, 5.74) is 1.55. The van der Waals surface area contributed by atoms with Crippen molar-refractivity contribution in [1.82, 2.24) is 4.98 Å². The number of carbonyl (C=O) groups is 1. The van der Waals surface area contributed by atoms with Crippen molar-refractivity contribution in [3.05, 3.63) is 58.1 Å². The number of halogens is 2. The van der Waals surface area contributed by atoms with Gasteiger partial charge in [0, 0.05) is 26.6 Å². The van der Waals surface area contributed by atoms with Gasteiger partial charge in [-0.3, -0.25) is 0 Å². The zero-order valence-corrected chi connectivity index (χ0v) is 13.5. The number of hydrogen-bond donors (Lipinski definition) is 1. The van der Waals surface area contributed by atoms with Gasteiger partial charge in [0.1, 0.15) is 5.56 Å². The number of carboxylic acids is 1. The first-order chi connectivity index (χ1) is 11.0. The molecule has 0 unspecified atom stereocenters. The number of methoxy groups -OCH3 is 1. The highest BCUT2D eigenvalue weighted by molar-refractivity contribution is 6.34. The fraction of sp³-hybridized carbons (Fsp3) is 0.0588. The standard InChI is InChI=1S/C17H11Cl2NO3/c1-23-16-15(17(21)22)14(10-4-2-3-5-12(10)19)11-8-9(18)6-7-13(11)20-16/h2-8H,1H3,(H,21,22). The zero-order valence-electron chi connectivity index (χ0n) is 12.0. The highest BCUT2D eigenvalue weighted by Gasteiger charge is 2.24. The summed E-state index contributed by atoms with van der Waals surface area (Å²) in [5.74, 6) is -1.12. The Bertz CT molecular complexity index is 925. The lowest BCUT2D eigenvalue weighted by Gasteiger charge is -2.15. The second-order valence-corrected chi connectivity index (χ2v) is 5.66. The van der Waals surface area contributed by atoms with Crippen LogP contribution in [0, 0.1) is 0 Å². The van der Waals surface area contributed by atoms with Gasteiger partial charge in [0.05, 0.1) is 12.6 Å². The topological polar surface area (TPSA) is 59.4 Å². The van der Waals surface area contributed by atoms with Crippen molar-refractivity contribution in [3.63, 3.8) is 0 Å². The van der Waals surface area contributed by atoms with Crippen molar-refractivity contribution in [2.24, 2.45) is 0 Å². The lowest BCUT2D eigenvalue weighted by Crippen LogP contribution is -2.06. The molecule has 1 aromatic heterocycles. The minimum Gasteiger partial charge on any atom is -0.480 e. The zero-order chi connectivity index (χ0) is 16.6. The Morgan fingerprint density at radius 3 is 2.57 bits per heavy atom. The van der Waals surface area contributed by atoms with Gasteiger partial charge in [-0.2, -0.15) is 0 Å². The number of rotatable bonds is 3. The first-order valence-electron chi connectivity index (χ1n) is 6.68. The summed E-state index contributed by atoms with van der Waals surface area (Å²) < 4.78 is 5.18. The van der Waals surface area contributed by atoms with Crippen molar-refractivity contribution in [2.45, 2.75) is 0 Å². The van der Waals surface area contributed by atoms with Crippen LogP contribution in [0.15, 0.2) is 42.5 Å². The second kappa shape index (κ2) is 6.07. The summed E-state index contributed by atoms with van der Waals surface area (Å²) >= 11 is 12.4. The van der Waals surface area contributed by atoms with Gasteiger partial charge in [0.25, 0.3) is 0 Å². The van der Waals surface area contributed by atoms with E-state index in [9.17, 15) is 9.90 Å². The molecule has 0 atom stereocenters. The number of hydrogen-bond acceptors (Lipinski definition) is 3. The van der Waals surface area contributed by atoms with Gasteiger partial charge in [-0.1, -0.05) is 41.4 Å². The lowest BCUT2D eigenvalue weighted by molar-refractivity contribution is 0.0693. The smallest absolute Gasteiger partial charge is 0.341 e. The lowest BCUT2D eigenvalue weighted by atomic mass is 9.96. The Balaban J connectivity index is 2.54. The number of pyridine rings is 1. The number of fused-ring (bicyclic) bond motifs is 1. The minimum atomic E-state index is -1.15. The second-order valence-electron chi connectivity index (χ2n) is 4.82. The molecule has 1 heterocycles. The number of ether oxygens (including phenoxy) is 1. The van der Waals surface area contributed by atoms with E-state index in [4.69, 9.17) is 27.9 Å². The molecule has 3 aromatic rings. The summed E-state index contributed by atoms with van der Waals surface area (Å²) in [6, 6.07) is 12.1. The van der Waals surface area contributed by atoms with Crippen molar-refractivity contribution in [1.29, 1.82) is 0 Å². The number of carboxylic acid groups (broad SMARTS) is 1. The number of aromatic carboxylic acids is 1. The van der Waals surface area contributed by atoms with Crippen LogP contribution in [-0.2, 0) is 0 Å². The molecular formula is C17H11Cl2NO3. The summed E-state index contributed by atoms with van der Waals surface area (Å²) in [5, 5.41) is 11.2. The monoisotopic (exact) mass is 347 g/mol. The summed E-state index contributed by atoms with van der Waals surface area (Å²) in [4.78, 5) is 16.1. The van der Waals surface area contributed by atoms with Gasteiger partial charge in [-0.05, 0) is 24.3 Å². The van der Waals surface area contributed by atoms with E-state index >= 15 is 0 Å². The van der Waals surface area contributed by atoms with Gasteiger partial charge in [-0.25, -0.2) is 9.78 Å². The normalized spacial score (nSPS) is 10.7. The van der Waals surface area contributed by atoms with Crippen LogP contribution in [0.4, 0.5) is 0 Å². The predicted octanol–water partition coefficient (Wildman–Crippen LogP) is 4.92. The molecule has 2 aromatic carbocycles. The first kappa shape index (κ1) is 15.6. The third kappa shape index (κ3) is 2.71. The Labute approximate surface area is 142 Å². The predicted molar refractivity (Wildman–Crippen MR) is 90.7 cm³/mol. The van der Waals surface area contributed by atoms with E-state index in [0.717, 1.165) is 0 Å². The number of nitrogens with zero attached hydrogens (tertiary/aromatic N) is 1. The van der Waals surface area contributed by atoms with Crippen LogP contribution in [0.3, 0.4) is 0 Å². The molecule has 4 nitrogen and oxygen atoms in total. The number of benzene rings is 2. The van der Waals surface area contributed by atoms with Gasteiger partial charge < -0.3 is 9.84 Å². The maximum Gasteiger partial charge on any atom is 0.341 e. The quantitative estimate of drug-likeness (QED) is 0.730. The van der Waals surface area contributed by atoms with Crippen LogP contribution in [-0.4, -0.2) is 23.2 Å². The van der Waals surface area contributed by atoms with Gasteiger partial charge in [-0.15, -0.1) is 0 Å². The van der Waals surface area contributed by atoms with E-state index < -0.39 is 5.97 Å². The Hall–Kier alpha value is -2.30. The molecule has 0 saturated heterocycles. The Morgan fingerprint density at radius 2 is 1.91 bits per heavy atom. The van der Waals surface area contributed by atoms with Gasteiger partial charge in [0.15, 0.2) is 0 Å². The minimum absolute atomic E-state index is 0.0299. The van der Waals surface area contributed by atoms with Crippen LogP contribution in [0.25, 0.3) is 22.0 Å². The van der Waals surface area contributed by atoms with E-state index in [1.54, 1.807) is 42.5 Å². The SMILES string of the molecule is COc1nc2ccc(Cl)cc2c(-c2ccccc2Cl)c1C(=O)O. The average molecular weight is 348 g/mol. The largest absolute Gasteiger partial charge is 0.480 e. The molecule has 0 bridgehead atoms. The van der Waals surface area contributed by atoms with Gasteiger partial charge in [0.2, 0.25) is 5.88 Å². The van der Waals surface area contributed by atoms with Crippen molar-refractivity contribution >= 4 is 40.1 Å². The van der Waals surface area contributed by atoms with Gasteiger partial charge >= 0.3 is 5.97 Å². The van der Waals surface area contributed by atoms with Crippen LogP contribution < -0.4 is 4.74 Å². The van der Waals surface area contributed by atoms with E-state index in [0.29, 0.717) is 32.1 Å². The molecule has 0 spiro atoms. The highest BCUT2D eigenvalue weighted by atomic mass is 35.5. The Morgan fingerprint density at radius 1 is 1.17 bits per heavy atom. The van der Waals surface area contributed by atoms with Crippen molar-refractivity contribution in [2.75, 3.05) is 7.11 Å². The number of aromatic nitrogens is 1. The molecule has 0 radical (unpaired) electrons. The molecule has 0 aliphatic rings. The molecule has 23 heavy (non-hydrogen) atoms. The fourth-order valence-electron chi connectivity index (χ4n) is 2.50. The molecule has 0 saturated carbocycles. The first-order valence-corrected chi connectivity index (χ1v) is 7.44. The van der Waals surface area contributed by atoms with E-state index in [-0.39, 0.29) is 11.4 Å².